The van der Waals surface area contributed by atoms with Crippen molar-refractivity contribution in [1.29, 1.82) is 0 Å². The van der Waals surface area contributed by atoms with E-state index in [1.54, 1.807) is 36.9 Å². The lowest BCUT2D eigenvalue weighted by Gasteiger charge is -2.13. The van der Waals surface area contributed by atoms with E-state index >= 15 is 0 Å². The zero-order valence-electron chi connectivity index (χ0n) is 16.1. The quantitative estimate of drug-likeness (QED) is 0.500. The Labute approximate surface area is 168 Å². The number of ether oxygens (including phenoxy) is 1. The van der Waals surface area contributed by atoms with E-state index in [-0.39, 0.29) is 17.0 Å². The van der Waals surface area contributed by atoms with E-state index < -0.39 is 11.2 Å². The highest BCUT2D eigenvalue weighted by Crippen LogP contribution is 2.32. The fourth-order valence-corrected chi connectivity index (χ4v) is 3.63. The van der Waals surface area contributed by atoms with Gasteiger partial charge < -0.3 is 4.74 Å². The minimum atomic E-state index is -0.546. The maximum atomic E-state index is 13.5. The fourth-order valence-electron chi connectivity index (χ4n) is 3.63. The van der Waals surface area contributed by atoms with Gasteiger partial charge in [0, 0.05) is 18.8 Å². The van der Waals surface area contributed by atoms with Crippen LogP contribution in [0.3, 0.4) is 0 Å². The number of H-pyrrole nitrogens is 1. The van der Waals surface area contributed by atoms with Gasteiger partial charge in [0.1, 0.15) is 11.6 Å². The van der Waals surface area contributed by atoms with Gasteiger partial charge in [0.2, 0.25) is 5.78 Å². The van der Waals surface area contributed by atoms with Crippen LogP contribution in [0.4, 0.5) is 4.39 Å². The monoisotopic (exact) mass is 405 g/mol. The molecule has 3 heterocycles. The van der Waals surface area contributed by atoms with Crippen molar-refractivity contribution >= 4 is 16.9 Å². The standard InChI is InChI=1S/C21H16FN5O3/c1-25-18-17(19(28)24-21(25)29)26-11-15(12-7-9-13(22)10-8-12)27(20(26)23-18)14-5-3-4-6-16(14)30-2/h3-11H,1-2H3,(H,24,28,29). The summed E-state index contributed by atoms with van der Waals surface area (Å²) in [5.74, 6) is 0.658. The summed E-state index contributed by atoms with van der Waals surface area (Å²) in [5, 5.41) is 0. The van der Waals surface area contributed by atoms with E-state index in [2.05, 4.69) is 9.97 Å². The van der Waals surface area contributed by atoms with E-state index in [1.165, 1.54) is 16.7 Å². The third kappa shape index (κ3) is 2.48. The van der Waals surface area contributed by atoms with Crippen LogP contribution in [0.1, 0.15) is 0 Å². The molecule has 5 aromatic rings. The number of rotatable bonds is 3. The van der Waals surface area contributed by atoms with Gasteiger partial charge in [-0.3, -0.25) is 23.3 Å². The van der Waals surface area contributed by atoms with Gasteiger partial charge in [0.05, 0.1) is 18.5 Å². The molecule has 0 unspecified atom stereocenters. The molecule has 2 aromatic carbocycles. The van der Waals surface area contributed by atoms with Gasteiger partial charge in [-0.25, -0.2) is 9.18 Å². The number of aryl methyl sites for hydroxylation is 1. The summed E-state index contributed by atoms with van der Waals surface area (Å²) in [6, 6.07) is 13.4. The maximum absolute atomic E-state index is 13.5. The Hall–Kier alpha value is -4.14. The zero-order chi connectivity index (χ0) is 21.0. The molecule has 0 atom stereocenters. The number of hydrogen-bond acceptors (Lipinski definition) is 4. The van der Waals surface area contributed by atoms with Crippen molar-refractivity contribution in [3.63, 3.8) is 0 Å². The Morgan fingerprint density at radius 1 is 1.07 bits per heavy atom. The van der Waals surface area contributed by atoms with Crippen molar-refractivity contribution in [2.24, 2.45) is 7.05 Å². The Kier molecular flexibility index (Phi) is 3.85. The number of methoxy groups -OCH3 is 1. The summed E-state index contributed by atoms with van der Waals surface area (Å²) in [6.07, 6.45) is 1.74. The Balaban J connectivity index is 1.97. The molecule has 0 bridgehead atoms. The smallest absolute Gasteiger partial charge is 0.329 e. The van der Waals surface area contributed by atoms with Crippen molar-refractivity contribution in [2.45, 2.75) is 0 Å². The van der Waals surface area contributed by atoms with Crippen LogP contribution in [0.2, 0.25) is 0 Å². The van der Waals surface area contributed by atoms with Crippen LogP contribution in [0.5, 0.6) is 5.75 Å². The average Bonchev–Trinajstić information content (AvgIpc) is 3.29. The summed E-state index contributed by atoms with van der Waals surface area (Å²) in [4.78, 5) is 31.5. The number of benzene rings is 2. The number of fused-ring (bicyclic) bond motifs is 3. The van der Waals surface area contributed by atoms with Gasteiger partial charge in [-0.1, -0.05) is 12.1 Å². The first-order valence-corrected chi connectivity index (χ1v) is 9.11. The molecule has 0 aliphatic heterocycles. The Morgan fingerprint density at radius 2 is 1.80 bits per heavy atom. The van der Waals surface area contributed by atoms with E-state index in [1.807, 2.05) is 28.8 Å². The summed E-state index contributed by atoms with van der Waals surface area (Å²) in [5.41, 5.74) is 1.50. The molecule has 0 radical (unpaired) electrons. The van der Waals surface area contributed by atoms with Crippen LogP contribution >= 0.6 is 0 Å². The van der Waals surface area contributed by atoms with E-state index in [0.717, 1.165) is 5.56 Å². The lowest BCUT2D eigenvalue weighted by molar-refractivity contribution is 0.413. The number of nitrogens with zero attached hydrogens (tertiary/aromatic N) is 4. The molecule has 0 aliphatic carbocycles. The number of aromatic amines is 1. The van der Waals surface area contributed by atoms with Gasteiger partial charge in [-0.05, 0) is 36.4 Å². The number of aromatic nitrogens is 5. The van der Waals surface area contributed by atoms with Gasteiger partial charge in [0.15, 0.2) is 11.2 Å². The van der Waals surface area contributed by atoms with Crippen molar-refractivity contribution in [3.05, 3.63) is 81.4 Å². The van der Waals surface area contributed by atoms with Crippen molar-refractivity contribution in [2.75, 3.05) is 7.11 Å². The Morgan fingerprint density at radius 3 is 2.53 bits per heavy atom. The molecule has 9 heteroatoms. The summed E-state index contributed by atoms with van der Waals surface area (Å²) < 4.78 is 23.8. The van der Waals surface area contributed by atoms with Crippen LogP contribution < -0.4 is 16.0 Å². The topological polar surface area (TPSA) is 86.3 Å². The van der Waals surface area contributed by atoms with E-state index in [9.17, 15) is 14.0 Å². The van der Waals surface area contributed by atoms with E-state index in [4.69, 9.17) is 4.74 Å². The minimum absolute atomic E-state index is 0.240. The third-order valence-electron chi connectivity index (χ3n) is 5.09. The van der Waals surface area contributed by atoms with Crippen molar-refractivity contribution < 1.29 is 9.13 Å². The molecule has 0 spiro atoms. The molecule has 0 saturated carbocycles. The number of nitrogens with one attached hydrogen (secondary N) is 1. The van der Waals surface area contributed by atoms with Crippen LogP contribution in [0.25, 0.3) is 33.9 Å². The molecular weight excluding hydrogens is 389 g/mol. The Bertz CT molecular complexity index is 1540. The van der Waals surface area contributed by atoms with Crippen molar-refractivity contribution in [3.8, 4) is 22.7 Å². The molecule has 0 fully saturated rings. The fraction of sp³-hybridized carbons (Fsp3) is 0.0952. The predicted molar refractivity (Wildman–Crippen MR) is 110 cm³/mol. The molecular formula is C21H16FN5O3. The number of para-hydroxylation sites is 2. The van der Waals surface area contributed by atoms with Gasteiger partial charge in [-0.15, -0.1) is 0 Å². The second-order valence-corrected chi connectivity index (χ2v) is 6.80. The van der Waals surface area contributed by atoms with Crippen molar-refractivity contribution in [1.82, 2.24) is 23.5 Å². The van der Waals surface area contributed by atoms with Gasteiger partial charge in [0.25, 0.3) is 5.56 Å². The van der Waals surface area contributed by atoms with Crippen LogP contribution in [-0.4, -0.2) is 30.6 Å². The molecule has 8 nitrogen and oxygen atoms in total. The maximum Gasteiger partial charge on any atom is 0.329 e. The van der Waals surface area contributed by atoms with Crippen LogP contribution in [0.15, 0.2) is 64.3 Å². The average molecular weight is 405 g/mol. The van der Waals surface area contributed by atoms with Gasteiger partial charge in [-0.2, -0.15) is 4.98 Å². The molecule has 150 valence electrons. The minimum Gasteiger partial charge on any atom is -0.495 e. The van der Waals surface area contributed by atoms with Crippen LogP contribution in [0, 0.1) is 5.82 Å². The summed E-state index contributed by atoms with van der Waals surface area (Å²) in [7, 11) is 3.11. The summed E-state index contributed by atoms with van der Waals surface area (Å²) in [6.45, 7) is 0. The van der Waals surface area contributed by atoms with Crippen LogP contribution in [-0.2, 0) is 7.05 Å². The zero-order valence-corrected chi connectivity index (χ0v) is 16.1. The normalized spacial score (nSPS) is 11.4. The molecule has 1 N–H and O–H groups in total. The highest BCUT2D eigenvalue weighted by Gasteiger charge is 2.22. The third-order valence-corrected chi connectivity index (χ3v) is 5.09. The first kappa shape index (κ1) is 17.9. The molecule has 0 amide bonds. The van der Waals surface area contributed by atoms with Gasteiger partial charge >= 0.3 is 5.69 Å². The first-order valence-electron chi connectivity index (χ1n) is 9.11. The first-order chi connectivity index (χ1) is 14.5. The molecule has 3 aromatic heterocycles. The number of imidazole rings is 2. The lowest BCUT2D eigenvalue weighted by atomic mass is 10.1. The van der Waals surface area contributed by atoms with E-state index in [0.29, 0.717) is 22.9 Å². The number of hydrogen-bond donors (Lipinski definition) is 1. The number of halogens is 1. The molecule has 30 heavy (non-hydrogen) atoms. The predicted octanol–water partition coefficient (Wildman–Crippen LogP) is 2.48. The summed E-state index contributed by atoms with van der Waals surface area (Å²) >= 11 is 0. The highest BCUT2D eigenvalue weighted by molar-refractivity contribution is 5.80. The molecule has 0 aliphatic rings. The second-order valence-electron chi connectivity index (χ2n) is 6.80. The largest absolute Gasteiger partial charge is 0.495 e. The molecule has 5 rings (SSSR count). The lowest BCUT2D eigenvalue weighted by Crippen LogP contribution is -2.28. The highest BCUT2D eigenvalue weighted by atomic mass is 19.1. The molecule has 0 saturated heterocycles. The second kappa shape index (κ2) is 6.45. The SMILES string of the molecule is COc1ccccc1-n1c(-c2ccc(F)cc2)cn2c3c(=O)[nH]c(=O)n(C)c3nc12.